The Hall–Kier alpha value is -1.02. The van der Waals surface area contributed by atoms with Gasteiger partial charge in [-0.3, -0.25) is 0 Å². The van der Waals surface area contributed by atoms with Gasteiger partial charge in [-0.05, 0) is 56.2 Å². The van der Waals surface area contributed by atoms with Crippen molar-refractivity contribution in [2.75, 3.05) is 11.4 Å². The van der Waals surface area contributed by atoms with Crippen molar-refractivity contribution in [3.8, 4) is 0 Å². The second kappa shape index (κ2) is 6.42. The van der Waals surface area contributed by atoms with Crippen molar-refractivity contribution in [1.29, 1.82) is 0 Å². The molecule has 106 valence electrons. The summed E-state index contributed by atoms with van der Waals surface area (Å²) in [7, 11) is 0. The number of hydrogen-bond donors (Lipinski definition) is 1. The minimum absolute atomic E-state index is 0.292. The van der Waals surface area contributed by atoms with Gasteiger partial charge in [-0.25, -0.2) is 0 Å². The molecule has 19 heavy (non-hydrogen) atoms. The Balaban J connectivity index is 2.01. The molecule has 2 rings (SSSR count). The largest absolute Gasteiger partial charge is 0.369 e. The van der Waals surface area contributed by atoms with Gasteiger partial charge in [0.25, 0.3) is 0 Å². The lowest BCUT2D eigenvalue weighted by Crippen LogP contribution is -2.40. The molecule has 0 amide bonds. The molecule has 1 aromatic carbocycles. The van der Waals surface area contributed by atoms with Crippen molar-refractivity contribution in [1.82, 2.24) is 0 Å². The van der Waals surface area contributed by atoms with Crippen molar-refractivity contribution in [3.05, 3.63) is 29.8 Å². The van der Waals surface area contributed by atoms with Crippen LogP contribution in [-0.4, -0.2) is 18.6 Å². The lowest BCUT2D eigenvalue weighted by atomic mass is 9.93. The van der Waals surface area contributed by atoms with E-state index < -0.39 is 0 Å². The smallest absolute Gasteiger partial charge is 0.0368 e. The summed E-state index contributed by atoms with van der Waals surface area (Å²) >= 11 is 0. The molecule has 0 spiro atoms. The Morgan fingerprint density at radius 3 is 2.53 bits per heavy atom. The monoisotopic (exact) mass is 260 g/mol. The normalized spacial score (nSPS) is 25.4. The molecule has 0 bridgehead atoms. The van der Waals surface area contributed by atoms with E-state index in [1.54, 1.807) is 0 Å². The molecule has 0 radical (unpaired) electrons. The van der Waals surface area contributed by atoms with E-state index in [1.807, 2.05) is 0 Å². The fraction of sp³-hybridized carbons (Fsp3) is 0.647. The van der Waals surface area contributed by atoms with E-state index in [0.29, 0.717) is 12.1 Å². The Labute approximate surface area is 118 Å². The van der Waals surface area contributed by atoms with E-state index >= 15 is 0 Å². The quantitative estimate of drug-likeness (QED) is 0.896. The second-order valence-electron chi connectivity index (χ2n) is 6.21. The van der Waals surface area contributed by atoms with Gasteiger partial charge >= 0.3 is 0 Å². The third-order valence-electron chi connectivity index (χ3n) is 4.43. The van der Waals surface area contributed by atoms with E-state index in [0.717, 1.165) is 18.8 Å². The highest BCUT2D eigenvalue weighted by Crippen LogP contribution is 2.27. The van der Waals surface area contributed by atoms with Gasteiger partial charge in [0, 0.05) is 24.3 Å². The first kappa shape index (κ1) is 14.4. The molecule has 2 nitrogen and oxygen atoms in total. The van der Waals surface area contributed by atoms with Crippen LogP contribution >= 0.6 is 0 Å². The lowest BCUT2D eigenvalue weighted by Gasteiger charge is -2.38. The Bertz CT molecular complexity index is 385. The number of rotatable bonds is 4. The van der Waals surface area contributed by atoms with Crippen LogP contribution in [0.15, 0.2) is 24.3 Å². The molecule has 1 aliphatic rings. The molecule has 3 atom stereocenters. The van der Waals surface area contributed by atoms with Crippen molar-refractivity contribution in [2.45, 2.75) is 58.5 Å². The molecule has 2 N–H and O–H groups in total. The molecule has 0 aromatic heterocycles. The van der Waals surface area contributed by atoms with Crippen molar-refractivity contribution in [2.24, 2.45) is 11.7 Å². The van der Waals surface area contributed by atoms with Crippen molar-refractivity contribution in [3.63, 3.8) is 0 Å². The molecule has 1 fully saturated rings. The highest BCUT2D eigenvalue weighted by atomic mass is 15.2. The van der Waals surface area contributed by atoms with Crippen LogP contribution in [0, 0.1) is 5.92 Å². The summed E-state index contributed by atoms with van der Waals surface area (Å²) in [6.07, 6.45) is 4.65. The summed E-state index contributed by atoms with van der Waals surface area (Å²) in [6, 6.07) is 9.98. The van der Waals surface area contributed by atoms with Crippen LogP contribution in [0.3, 0.4) is 0 Å². The maximum Gasteiger partial charge on any atom is 0.0368 e. The maximum atomic E-state index is 6.01. The van der Waals surface area contributed by atoms with E-state index in [4.69, 9.17) is 5.73 Å². The van der Waals surface area contributed by atoms with Gasteiger partial charge in [-0.2, -0.15) is 0 Å². The fourth-order valence-corrected chi connectivity index (χ4v) is 3.06. The SMILES string of the molecule is CCC(N)Cc1ccc(N2CCC(C)CC2C)cc1. The number of hydrogen-bond acceptors (Lipinski definition) is 2. The van der Waals surface area contributed by atoms with Gasteiger partial charge in [0.1, 0.15) is 0 Å². The summed E-state index contributed by atoms with van der Waals surface area (Å²) in [5, 5.41) is 0. The zero-order chi connectivity index (χ0) is 13.8. The molecule has 1 aromatic rings. The maximum absolute atomic E-state index is 6.01. The minimum atomic E-state index is 0.292. The Morgan fingerprint density at radius 2 is 1.95 bits per heavy atom. The van der Waals surface area contributed by atoms with Crippen LogP contribution in [0.2, 0.25) is 0 Å². The minimum Gasteiger partial charge on any atom is -0.369 e. The highest BCUT2D eigenvalue weighted by Gasteiger charge is 2.22. The number of nitrogens with zero attached hydrogens (tertiary/aromatic N) is 1. The van der Waals surface area contributed by atoms with Crippen LogP contribution in [-0.2, 0) is 6.42 Å². The molecular weight excluding hydrogens is 232 g/mol. The fourth-order valence-electron chi connectivity index (χ4n) is 3.06. The van der Waals surface area contributed by atoms with Gasteiger partial charge in [0.2, 0.25) is 0 Å². The van der Waals surface area contributed by atoms with E-state index in [9.17, 15) is 0 Å². The summed E-state index contributed by atoms with van der Waals surface area (Å²) < 4.78 is 0. The average Bonchev–Trinajstić information content (AvgIpc) is 2.40. The van der Waals surface area contributed by atoms with E-state index in [1.165, 1.54) is 30.6 Å². The first-order chi connectivity index (χ1) is 9.10. The average molecular weight is 260 g/mol. The number of benzene rings is 1. The van der Waals surface area contributed by atoms with Gasteiger partial charge in [0.05, 0.1) is 0 Å². The molecule has 2 heteroatoms. The first-order valence-electron chi connectivity index (χ1n) is 7.71. The van der Waals surface area contributed by atoms with Crippen LogP contribution in [0.5, 0.6) is 0 Å². The van der Waals surface area contributed by atoms with E-state index in [2.05, 4.69) is 49.9 Å². The van der Waals surface area contributed by atoms with Gasteiger partial charge in [-0.1, -0.05) is 26.0 Å². The number of anilines is 1. The zero-order valence-corrected chi connectivity index (χ0v) is 12.6. The molecule has 0 saturated carbocycles. The number of piperidine rings is 1. The van der Waals surface area contributed by atoms with Gasteiger partial charge in [-0.15, -0.1) is 0 Å². The predicted octanol–water partition coefficient (Wildman–Crippen LogP) is 3.59. The van der Waals surface area contributed by atoms with Gasteiger partial charge in [0.15, 0.2) is 0 Å². The van der Waals surface area contributed by atoms with Crippen LogP contribution < -0.4 is 10.6 Å². The van der Waals surface area contributed by atoms with Crippen LogP contribution in [0.25, 0.3) is 0 Å². The molecule has 1 heterocycles. The second-order valence-corrected chi connectivity index (χ2v) is 6.21. The summed E-state index contributed by atoms with van der Waals surface area (Å²) in [4.78, 5) is 2.55. The standard InChI is InChI=1S/C17H28N2/c1-4-16(18)12-15-5-7-17(8-6-15)19-10-9-13(2)11-14(19)3/h5-8,13-14,16H,4,9-12,18H2,1-3H3. The lowest BCUT2D eigenvalue weighted by molar-refractivity contribution is 0.378. The number of nitrogens with two attached hydrogens (primary N) is 1. The molecule has 3 unspecified atom stereocenters. The zero-order valence-electron chi connectivity index (χ0n) is 12.6. The van der Waals surface area contributed by atoms with Gasteiger partial charge < -0.3 is 10.6 Å². The van der Waals surface area contributed by atoms with Crippen molar-refractivity contribution >= 4 is 5.69 Å². The molecule has 1 aliphatic heterocycles. The summed E-state index contributed by atoms with van der Waals surface area (Å²) in [6.45, 7) is 8.05. The summed E-state index contributed by atoms with van der Waals surface area (Å²) in [5.74, 6) is 0.869. The molecular formula is C17H28N2. The first-order valence-corrected chi connectivity index (χ1v) is 7.71. The molecule has 1 saturated heterocycles. The topological polar surface area (TPSA) is 29.3 Å². The highest BCUT2D eigenvalue weighted by molar-refractivity contribution is 5.49. The van der Waals surface area contributed by atoms with Crippen LogP contribution in [0.1, 0.15) is 45.6 Å². The molecule has 0 aliphatic carbocycles. The Morgan fingerprint density at radius 1 is 1.26 bits per heavy atom. The Kier molecular flexibility index (Phi) is 4.87. The predicted molar refractivity (Wildman–Crippen MR) is 83.6 cm³/mol. The third-order valence-corrected chi connectivity index (χ3v) is 4.43. The van der Waals surface area contributed by atoms with E-state index in [-0.39, 0.29) is 0 Å². The third kappa shape index (κ3) is 3.73. The van der Waals surface area contributed by atoms with Crippen LogP contribution in [0.4, 0.5) is 5.69 Å². The summed E-state index contributed by atoms with van der Waals surface area (Å²) in [5.41, 5.74) is 8.74. The van der Waals surface area contributed by atoms with Crippen molar-refractivity contribution < 1.29 is 0 Å².